The van der Waals surface area contributed by atoms with Gasteiger partial charge in [0.05, 0.1) is 12.8 Å². The molecule has 2 aromatic heterocycles. The van der Waals surface area contributed by atoms with Crippen molar-refractivity contribution in [1.29, 1.82) is 0 Å². The molecule has 1 N–H and O–H groups in total. The van der Waals surface area contributed by atoms with Crippen molar-refractivity contribution in [1.82, 2.24) is 14.8 Å². The van der Waals surface area contributed by atoms with Gasteiger partial charge in [0.2, 0.25) is 0 Å². The molecular formula is C21H18N4O2S. The van der Waals surface area contributed by atoms with Crippen molar-refractivity contribution in [3.05, 3.63) is 96.2 Å². The number of para-hydroxylation sites is 1. The Kier molecular flexibility index (Phi) is 5.53. The van der Waals surface area contributed by atoms with Crippen LogP contribution in [0.4, 0.5) is 5.69 Å². The summed E-state index contributed by atoms with van der Waals surface area (Å²) in [6.07, 6.45) is 3.35. The number of hydrogen-bond acceptors (Lipinski definition) is 5. The number of aromatic nitrogens is 3. The number of thioether (sulfide) groups is 1. The number of rotatable bonds is 7. The second kappa shape index (κ2) is 8.58. The van der Waals surface area contributed by atoms with Crippen LogP contribution in [0, 0.1) is 0 Å². The largest absolute Gasteiger partial charge is 0.467 e. The lowest BCUT2D eigenvalue weighted by molar-refractivity contribution is 0.102. The molecule has 0 aliphatic carbocycles. The Bertz CT molecular complexity index is 1030. The maximum atomic E-state index is 12.3. The van der Waals surface area contributed by atoms with E-state index >= 15 is 0 Å². The molecule has 0 fully saturated rings. The van der Waals surface area contributed by atoms with Crippen LogP contribution < -0.4 is 5.32 Å². The Morgan fingerprint density at radius 1 is 1.04 bits per heavy atom. The zero-order chi connectivity index (χ0) is 19.2. The van der Waals surface area contributed by atoms with Gasteiger partial charge >= 0.3 is 0 Å². The summed E-state index contributed by atoms with van der Waals surface area (Å²) in [6.45, 7) is 0.598. The Morgan fingerprint density at radius 3 is 2.61 bits per heavy atom. The molecule has 0 bridgehead atoms. The summed E-state index contributed by atoms with van der Waals surface area (Å²) < 4.78 is 7.33. The lowest BCUT2D eigenvalue weighted by Gasteiger charge is -2.07. The maximum absolute atomic E-state index is 12.3. The zero-order valence-corrected chi connectivity index (χ0v) is 15.8. The fourth-order valence-electron chi connectivity index (χ4n) is 2.66. The molecule has 6 nitrogen and oxygen atoms in total. The SMILES string of the molecule is O=C(Nc1ccccc1)c1ccc(CSc2nncn2Cc2ccco2)cc1. The number of anilines is 1. The van der Waals surface area contributed by atoms with Crippen molar-refractivity contribution >= 4 is 23.4 Å². The molecule has 4 rings (SSSR count). The molecule has 140 valence electrons. The van der Waals surface area contributed by atoms with Crippen LogP contribution in [0.1, 0.15) is 21.7 Å². The maximum Gasteiger partial charge on any atom is 0.255 e. The molecule has 0 spiro atoms. The van der Waals surface area contributed by atoms with Gasteiger partial charge in [0, 0.05) is 17.0 Å². The van der Waals surface area contributed by atoms with Gasteiger partial charge in [0.1, 0.15) is 12.1 Å². The van der Waals surface area contributed by atoms with E-state index in [1.807, 2.05) is 71.3 Å². The molecule has 4 aromatic rings. The number of nitrogens with one attached hydrogen (secondary N) is 1. The summed E-state index contributed by atoms with van der Waals surface area (Å²) in [5.74, 6) is 1.47. The highest BCUT2D eigenvalue weighted by molar-refractivity contribution is 7.98. The van der Waals surface area contributed by atoms with Gasteiger partial charge in [-0.1, -0.05) is 42.1 Å². The fraction of sp³-hybridized carbons (Fsp3) is 0.0952. The lowest BCUT2D eigenvalue weighted by Crippen LogP contribution is -2.11. The molecule has 28 heavy (non-hydrogen) atoms. The monoisotopic (exact) mass is 390 g/mol. The standard InChI is InChI=1S/C21H18N4O2S/c26-20(23-18-5-2-1-3-6-18)17-10-8-16(9-11-17)14-28-21-24-22-15-25(21)13-19-7-4-12-27-19/h1-12,15H,13-14H2,(H,23,26). The molecule has 0 saturated heterocycles. The van der Waals surface area contributed by atoms with Crippen molar-refractivity contribution in [3.63, 3.8) is 0 Å². The third kappa shape index (κ3) is 4.50. The van der Waals surface area contributed by atoms with Crippen LogP contribution in [-0.2, 0) is 12.3 Å². The van der Waals surface area contributed by atoms with Crippen LogP contribution in [0.2, 0.25) is 0 Å². The average molecular weight is 390 g/mol. The molecule has 0 aliphatic rings. The summed E-state index contributed by atoms with van der Waals surface area (Å²) in [5, 5.41) is 11.9. The minimum absolute atomic E-state index is 0.122. The second-order valence-electron chi connectivity index (χ2n) is 6.13. The van der Waals surface area contributed by atoms with Gasteiger partial charge in [-0.05, 0) is 42.0 Å². The summed E-state index contributed by atoms with van der Waals surface area (Å²) in [6, 6.07) is 20.8. The van der Waals surface area contributed by atoms with Crippen molar-refractivity contribution in [2.75, 3.05) is 5.32 Å². The third-order valence-corrected chi connectivity index (χ3v) is 5.15. The van der Waals surface area contributed by atoms with Gasteiger partial charge in [-0.2, -0.15) is 0 Å². The van der Waals surface area contributed by atoms with E-state index in [0.717, 1.165) is 27.9 Å². The van der Waals surface area contributed by atoms with Gasteiger partial charge in [0.25, 0.3) is 5.91 Å². The molecule has 0 atom stereocenters. The molecule has 0 radical (unpaired) electrons. The van der Waals surface area contributed by atoms with Gasteiger partial charge in [0.15, 0.2) is 5.16 Å². The predicted molar refractivity (Wildman–Crippen MR) is 108 cm³/mol. The van der Waals surface area contributed by atoms with E-state index in [0.29, 0.717) is 12.1 Å². The van der Waals surface area contributed by atoms with Crippen LogP contribution in [-0.4, -0.2) is 20.7 Å². The predicted octanol–water partition coefficient (Wildman–Crippen LogP) is 4.46. The Hall–Kier alpha value is -3.32. The second-order valence-corrected chi connectivity index (χ2v) is 7.07. The summed E-state index contributed by atoms with van der Waals surface area (Å²) in [7, 11) is 0. The normalized spacial score (nSPS) is 10.7. The third-order valence-electron chi connectivity index (χ3n) is 4.10. The first-order chi connectivity index (χ1) is 13.8. The van der Waals surface area contributed by atoms with E-state index in [9.17, 15) is 4.79 Å². The van der Waals surface area contributed by atoms with Crippen LogP contribution >= 0.6 is 11.8 Å². The Labute approximate surface area is 166 Å². The molecule has 2 heterocycles. The minimum atomic E-state index is -0.122. The smallest absolute Gasteiger partial charge is 0.255 e. The Balaban J connectivity index is 1.35. The summed E-state index contributed by atoms with van der Waals surface area (Å²) in [4.78, 5) is 12.3. The van der Waals surface area contributed by atoms with Crippen LogP contribution in [0.3, 0.4) is 0 Å². The van der Waals surface area contributed by atoms with Gasteiger partial charge in [-0.3, -0.25) is 4.79 Å². The van der Waals surface area contributed by atoms with E-state index in [1.165, 1.54) is 0 Å². The zero-order valence-electron chi connectivity index (χ0n) is 15.0. The highest BCUT2D eigenvalue weighted by Gasteiger charge is 2.09. The van der Waals surface area contributed by atoms with Gasteiger partial charge < -0.3 is 14.3 Å². The molecule has 7 heteroatoms. The topological polar surface area (TPSA) is 73.0 Å². The highest BCUT2D eigenvalue weighted by atomic mass is 32.2. The minimum Gasteiger partial charge on any atom is -0.467 e. The van der Waals surface area contributed by atoms with Crippen molar-refractivity contribution in [3.8, 4) is 0 Å². The molecule has 2 aromatic carbocycles. The number of benzene rings is 2. The molecule has 1 amide bonds. The highest BCUT2D eigenvalue weighted by Crippen LogP contribution is 2.22. The number of hydrogen-bond donors (Lipinski definition) is 1. The summed E-state index contributed by atoms with van der Waals surface area (Å²) >= 11 is 1.59. The first-order valence-electron chi connectivity index (χ1n) is 8.76. The fourth-order valence-corrected chi connectivity index (χ4v) is 3.53. The Morgan fingerprint density at radius 2 is 1.86 bits per heavy atom. The van der Waals surface area contributed by atoms with E-state index in [-0.39, 0.29) is 5.91 Å². The van der Waals surface area contributed by atoms with Gasteiger partial charge in [-0.25, -0.2) is 0 Å². The van der Waals surface area contributed by atoms with Gasteiger partial charge in [-0.15, -0.1) is 10.2 Å². The van der Waals surface area contributed by atoms with E-state index in [1.54, 1.807) is 24.4 Å². The molecule has 0 aliphatic heterocycles. The van der Waals surface area contributed by atoms with Crippen LogP contribution in [0.15, 0.2) is 88.9 Å². The van der Waals surface area contributed by atoms with Crippen molar-refractivity contribution < 1.29 is 9.21 Å². The van der Waals surface area contributed by atoms with Crippen molar-refractivity contribution in [2.24, 2.45) is 0 Å². The van der Waals surface area contributed by atoms with Crippen molar-refractivity contribution in [2.45, 2.75) is 17.5 Å². The van der Waals surface area contributed by atoms with Crippen LogP contribution in [0.5, 0.6) is 0 Å². The first kappa shape index (κ1) is 18.1. The lowest BCUT2D eigenvalue weighted by atomic mass is 10.1. The van der Waals surface area contributed by atoms with E-state index in [4.69, 9.17) is 4.42 Å². The van der Waals surface area contributed by atoms with Crippen LogP contribution in [0.25, 0.3) is 0 Å². The molecule has 0 unspecified atom stereocenters. The number of nitrogens with zero attached hydrogens (tertiary/aromatic N) is 3. The van der Waals surface area contributed by atoms with E-state index in [2.05, 4.69) is 15.5 Å². The van der Waals surface area contributed by atoms with E-state index < -0.39 is 0 Å². The number of amides is 1. The quantitative estimate of drug-likeness (QED) is 0.472. The number of carbonyl (C=O) groups excluding carboxylic acids is 1. The summed E-state index contributed by atoms with van der Waals surface area (Å²) in [5.41, 5.74) is 2.51. The number of furan rings is 1. The molecular weight excluding hydrogens is 372 g/mol. The first-order valence-corrected chi connectivity index (χ1v) is 9.75. The average Bonchev–Trinajstić information content (AvgIpc) is 3.40. The molecule has 0 saturated carbocycles. The number of carbonyl (C=O) groups is 1.